The summed E-state index contributed by atoms with van der Waals surface area (Å²) in [6.07, 6.45) is 0. The van der Waals surface area contributed by atoms with Crippen molar-refractivity contribution in [1.29, 1.82) is 0 Å². The lowest BCUT2D eigenvalue weighted by Crippen LogP contribution is -2.33. The summed E-state index contributed by atoms with van der Waals surface area (Å²) in [5, 5.41) is 4.30. The highest BCUT2D eigenvalue weighted by molar-refractivity contribution is 5.74. The average Bonchev–Trinajstić information content (AvgIpc) is 1.98. The van der Waals surface area contributed by atoms with Crippen molar-refractivity contribution < 1.29 is 4.58 Å². The van der Waals surface area contributed by atoms with E-state index in [4.69, 9.17) is 0 Å². The molecule has 0 saturated carbocycles. The Morgan fingerprint density at radius 2 is 2.00 bits per heavy atom. The van der Waals surface area contributed by atoms with Gasteiger partial charge in [-0.2, -0.15) is 5.01 Å². The Balaban J connectivity index is 2.74. The molecule has 9 heavy (non-hydrogen) atoms. The van der Waals surface area contributed by atoms with E-state index in [2.05, 4.69) is 42.7 Å². The third kappa shape index (κ3) is 0.920. The second-order valence-electron chi connectivity index (χ2n) is 2.57. The highest BCUT2D eigenvalue weighted by Crippen LogP contribution is 1.99. The molecule has 1 heterocycles. The fraction of sp³-hybridized carbons (Fsp3) is 0.833. The van der Waals surface area contributed by atoms with Crippen molar-refractivity contribution in [3.63, 3.8) is 0 Å². The minimum Gasteiger partial charge on any atom is -0.251 e. The zero-order valence-corrected chi connectivity index (χ0v) is 6.55. The molecule has 1 aliphatic heterocycles. The van der Waals surface area contributed by atoms with Gasteiger partial charge in [0, 0.05) is 14.0 Å². The summed E-state index contributed by atoms with van der Waals surface area (Å²) in [4.78, 5) is 0. The Kier molecular flexibility index (Phi) is 1.45. The van der Waals surface area contributed by atoms with Gasteiger partial charge in [-0.1, -0.05) is 0 Å². The zero-order chi connectivity index (χ0) is 7.02. The van der Waals surface area contributed by atoms with E-state index >= 15 is 0 Å². The topological polar surface area (TPSA) is 9.49 Å². The largest absolute Gasteiger partial charge is 0.263 e. The van der Waals surface area contributed by atoms with E-state index in [1.165, 1.54) is 5.84 Å². The fourth-order valence-corrected chi connectivity index (χ4v) is 0.998. The molecule has 0 atom stereocenters. The molecule has 0 aliphatic carbocycles. The molecule has 0 radical (unpaired) electrons. The van der Waals surface area contributed by atoms with E-state index in [-0.39, 0.29) is 0 Å². The first kappa shape index (κ1) is 6.55. The third-order valence-electron chi connectivity index (χ3n) is 1.95. The molecular formula is C6H14N3+. The molecule has 0 saturated heterocycles. The molecule has 0 amide bonds. The summed E-state index contributed by atoms with van der Waals surface area (Å²) in [6.45, 7) is 3.12. The standard InChI is InChI=1S/C6H14N3/c1-6-7(2)5-8(3)9(6)4/h5H2,1-4H3/q+1. The van der Waals surface area contributed by atoms with Crippen LogP contribution in [0, 0.1) is 0 Å². The molecule has 0 spiro atoms. The van der Waals surface area contributed by atoms with Crippen LogP contribution in [0.5, 0.6) is 0 Å². The fourth-order valence-electron chi connectivity index (χ4n) is 0.998. The Bertz CT molecular complexity index is 150. The molecule has 0 N–H and O–H groups in total. The second kappa shape index (κ2) is 1.99. The van der Waals surface area contributed by atoms with Crippen molar-refractivity contribution in [2.45, 2.75) is 6.92 Å². The average molecular weight is 128 g/mol. The van der Waals surface area contributed by atoms with Crippen LogP contribution >= 0.6 is 0 Å². The second-order valence-corrected chi connectivity index (χ2v) is 2.57. The van der Waals surface area contributed by atoms with Crippen LogP contribution in [0.3, 0.4) is 0 Å². The molecule has 0 unspecified atom stereocenters. The molecule has 1 rings (SSSR count). The van der Waals surface area contributed by atoms with Gasteiger partial charge >= 0.3 is 0 Å². The number of hydrogen-bond donors (Lipinski definition) is 0. The van der Waals surface area contributed by atoms with Crippen LogP contribution in [0.1, 0.15) is 6.92 Å². The summed E-state index contributed by atoms with van der Waals surface area (Å²) in [7, 11) is 6.24. The lowest BCUT2D eigenvalue weighted by molar-refractivity contribution is -0.505. The van der Waals surface area contributed by atoms with Crippen LogP contribution in [0.25, 0.3) is 0 Å². The van der Waals surface area contributed by atoms with Gasteiger partial charge in [-0.05, 0) is 0 Å². The summed E-state index contributed by atoms with van der Waals surface area (Å²) >= 11 is 0. The van der Waals surface area contributed by atoms with Crippen molar-refractivity contribution in [3.05, 3.63) is 0 Å². The highest BCUT2D eigenvalue weighted by Gasteiger charge is 2.25. The zero-order valence-electron chi connectivity index (χ0n) is 6.55. The SMILES string of the molecule is CC1=[N+](C)CN(C)N1C. The molecule has 52 valence electrons. The first-order chi connectivity index (χ1) is 4.13. The maximum atomic E-state index is 2.21. The van der Waals surface area contributed by atoms with Crippen LogP contribution in [-0.4, -0.2) is 48.2 Å². The lowest BCUT2D eigenvalue weighted by Gasteiger charge is -2.10. The van der Waals surface area contributed by atoms with Crippen LogP contribution in [0.15, 0.2) is 0 Å². The van der Waals surface area contributed by atoms with Gasteiger partial charge in [-0.3, -0.25) is 4.58 Å². The van der Waals surface area contributed by atoms with Crippen LogP contribution < -0.4 is 0 Å². The van der Waals surface area contributed by atoms with Gasteiger partial charge in [-0.15, -0.1) is 5.01 Å². The first-order valence-corrected chi connectivity index (χ1v) is 3.12. The monoisotopic (exact) mass is 128 g/mol. The molecule has 0 aromatic rings. The van der Waals surface area contributed by atoms with E-state index in [0.717, 1.165) is 6.67 Å². The van der Waals surface area contributed by atoms with Crippen molar-refractivity contribution in [1.82, 2.24) is 10.0 Å². The minimum atomic E-state index is 1.00. The normalized spacial score (nSPS) is 22.0. The number of hydrogen-bond acceptors (Lipinski definition) is 2. The van der Waals surface area contributed by atoms with E-state index in [0.29, 0.717) is 0 Å². The molecule has 3 heteroatoms. The van der Waals surface area contributed by atoms with Gasteiger partial charge < -0.3 is 0 Å². The maximum Gasteiger partial charge on any atom is 0.263 e. The van der Waals surface area contributed by atoms with Crippen molar-refractivity contribution in [3.8, 4) is 0 Å². The molecule has 0 bridgehead atoms. The van der Waals surface area contributed by atoms with Gasteiger partial charge in [0.25, 0.3) is 5.84 Å². The van der Waals surface area contributed by atoms with Crippen LogP contribution in [-0.2, 0) is 0 Å². The van der Waals surface area contributed by atoms with Gasteiger partial charge in [0.2, 0.25) is 0 Å². The predicted octanol–water partition coefficient (Wildman–Crippen LogP) is -0.203. The summed E-state index contributed by atoms with van der Waals surface area (Å²) in [5.41, 5.74) is 0. The number of hydrazine groups is 1. The quantitative estimate of drug-likeness (QED) is 0.418. The van der Waals surface area contributed by atoms with Gasteiger partial charge in [0.05, 0.1) is 14.1 Å². The minimum absolute atomic E-state index is 1.00. The maximum absolute atomic E-state index is 2.21. The summed E-state index contributed by atoms with van der Waals surface area (Å²) < 4.78 is 2.21. The highest BCUT2D eigenvalue weighted by atomic mass is 15.7. The van der Waals surface area contributed by atoms with Gasteiger partial charge in [-0.25, -0.2) is 0 Å². The number of nitrogens with zero attached hydrogens (tertiary/aromatic N) is 3. The summed E-state index contributed by atoms with van der Waals surface area (Å²) in [6, 6.07) is 0. The van der Waals surface area contributed by atoms with E-state index in [9.17, 15) is 0 Å². The van der Waals surface area contributed by atoms with Crippen molar-refractivity contribution >= 4 is 5.84 Å². The van der Waals surface area contributed by atoms with E-state index in [1.54, 1.807) is 0 Å². The number of rotatable bonds is 0. The van der Waals surface area contributed by atoms with E-state index in [1.807, 2.05) is 0 Å². The molecule has 0 aromatic heterocycles. The predicted molar refractivity (Wildman–Crippen MR) is 37.3 cm³/mol. The molecule has 1 aliphatic rings. The van der Waals surface area contributed by atoms with Crippen molar-refractivity contribution in [2.75, 3.05) is 27.8 Å². The van der Waals surface area contributed by atoms with Crippen LogP contribution in [0.4, 0.5) is 0 Å². The number of amidine groups is 1. The Hall–Kier alpha value is -0.570. The Morgan fingerprint density at radius 3 is 2.11 bits per heavy atom. The lowest BCUT2D eigenvalue weighted by atomic mass is 10.6. The molecule has 0 aromatic carbocycles. The third-order valence-corrected chi connectivity index (χ3v) is 1.95. The van der Waals surface area contributed by atoms with Crippen molar-refractivity contribution in [2.24, 2.45) is 0 Å². The molecule has 3 nitrogen and oxygen atoms in total. The Labute approximate surface area is 56.2 Å². The van der Waals surface area contributed by atoms with E-state index < -0.39 is 0 Å². The first-order valence-electron chi connectivity index (χ1n) is 3.12. The van der Waals surface area contributed by atoms with Gasteiger partial charge in [0.1, 0.15) is 0 Å². The Morgan fingerprint density at radius 1 is 1.44 bits per heavy atom. The summed E-state index contributed by atoms with van der Waals surface area (Å²) in [5.74, 6) is 1.30. The smallest absolute Gasteiger partial charge is 0.251 e. The van der Waals surface area contributed by atoms with Gasteiger partial charge in [0.15, 0.2) is 6.67 Å². The molecule has 0 fully saturated rings. The molecular weight excluding hydrogens is 114 g/mol. The van der Waals surface area contributed by atoms with Crippen LogP contribution in [0.2, 0.25) is 0 Å².